The van der Waals surface area contributed by atoms with E-state index >= 15 is 0 Å². The molecule has 5 nitrogen and oxygen atoms in total. The first-order chi connectivity index (χ1) is 8.56. The molecule has 3 N–H and O–H groups in total. The second-order valence-corrected chi connectivity index (χ2v) is 4.27. The molecule has 2 aromatic rings. The number of benzene rings is 1. The molecular formula is C13H16N4O. The van der Waals surface area contributed by atoms with Gasteiger partial charge in [-0.2, -0.15) is 5.10 Å². The number of anilines is 1. The Morgan fingerprint density at radius 1 is 1.39 bits per heavy atom. The lowest BCUT2D eigenvalue weighted by Gasteiger charge is -2.07. The molecule has 0 spiro atoms. The number of aryl methyl sites for hydroxylation is 1. The number of rotatable bonds is 3. The molecule has 2 rings (SSSR count). The van der Waals surface area contributed by atoms with Crippen LogP contribution in [0.25, 0.3) is 0 Å². The Morgan fingerprint density at radius 3 is 2.56 bits per heavy atom. The summed E-state index contributed by atoms with van der Waals surface area (Å²) in [6.07, 6.45) is 3.21. The highest BCUT2D eigenvalue weighted by Crippen LogP contribution is 2.14. The lowest BCUT2D eigenvalue weighted by atomic mass is 10.1. The van der Waals surface area contributed by atoms with E-state index in [1.165, 1.54) is 6.20 Å². The fourth-order valence-electron chi connectivity index (χ4n) is 1.61. The fourth-order valence-corrected chi connectivity index (χ4v) is 1.61. The van der Waals surface area contributed by atoms with Crippen molar-refractivity contribution in [3.05, 3.63) is 47.8 Å². The zero-order valence-electron chi connectivity index (χ0n) is 10.4. The van der Waals surface area contributed by atoms with E-state index in [1.807, 2.05) is 31.2 Å². The van der Waals surface area contributed by atoms with Crippen molar-refractivity contribution in [1.29, 1.82) is 0 Å². The van der Waals surface area contributed by atoms with Gasteiger partial charge in [0.15, 0.2) is 0 Å². The number of nitrogens with two attached hydrogens (primary N) is 1. The van der Waals surface area contributed by atoms with Crippen molar-refractivity contribution in [3.63, 3.8) is 0 Å². The van der Waals surface area contributed by atoms with Gasteiger partial charge in [-0.25, -0.2) is 0 Å². The molecule has 0 aliphatic carbocycles. The summed E-state index contributed by atoms with van der Waals surface area (Å²) in [5, 5.41) is 6.76. The summed E-state index contributed by atoms with van der Waals surface area (Å²) in [6, 6.07) is 7.49. The predicted molar refractivity (Wildman–Crippen MR) is 70.2 cm³/mol. The van der Waals surface area contributed by atoms with E-state index < -0.39 is 0 Å². The van der Waals surface area contributed by atoms with Crippen molar-refractivity contribution in [3.8, 4) is 0 Å². The van der Waals surface area contributed by atoms with Gasteiger partial charge < -0.3 is 11.1 Å². The van der Waals surface area contributed by atoms with Crippen LogP contribution in [0.5, 0.6) is 0 Å². The molecule has 1 heterocycles. The molecule has 0 saturated heterocycles. The van der Waals surface area contributed by atoms with Crippen LogP contribution in [0.4, 0.5) is 5.69 Å². The molecule has 1 amide bonds. The third-order valence-corrected chi connectivity index (χ3v) is 2.66. The molecule has 0 fully saturated rings. The molecule has 0 aliphatic heterocycles. The molecule has 0 radical (unpaired) electrons. The van der Waals surface area contributed by atoms with Crippen molar-refractivity contribution in [2.24, 2.45) is 12.8 Å². The van der Waals surface area contributed by atoms with Crippen LogP contribution >= 0.6 is 0 Å². The number of hydrogen-bond donors (Lipinski definition) is 2. The summed E-state index contributed by atoms with van der Waals surface area (Å²) < 4.78 is 1.59. The monoisotopic (exact) mass is 244 g/mol. The third-order valence-electron chi connectivity index (χ3n) is 2.66. The van der Waals surface area contributed by atoms with Gasteiger partial charge in [0.2, 0.25) is 0 Å². The van der Waals surface area contributed by atoms with Crippen LogP contribution in [0.3, 0.4) is 0 Å². The summed E-state index contributed by atoms with van der Waals surface area (Å²) in [5.41, 5.74) is 8.08. The summed E-state index contributed by atoms with van der Waals surface area (Å²) in [5.74, 6) is -0.170. The maximum atomic E-state index is 11.9. The normalized spacial score (nSPS) is 12.2. The van der Waals surface area contributed by atoms with Gasteiger partial charge in [-0.1, -0.05) is 12.1 Å². The Kier molecular flexibility index (Phi) is 3.43. The first-order valence-electron chi connectivity index (χ1n) is 5.72. The van der Waals surface area contributed by atoms with Crippen molar-refractivity contribution in [2.75, 3.05) is 5.32 Å². The van der Waals surface area contributed by atoms with Crippen molar-refractivity contribution in [1.82, 2.24) is 9.78 Å². The Bertz CT molecular complexity index is 542. The average Bonchev–Trinajstić information content (AvgIpc) is 2.76. The highest BCUT2D eigenvalue weighted by molar-refractivity contribution is 6.03. The quantitative estimate of drug-likeness (QED) is 0.863. The van der Waals surface area contributed by atoms with Crippen LogP contribution in [-0.4, -0.2) is 15.7 Å². The molecular weight excluding hydrogens is 228 g/mol. The van der Waals surface area contributed by atoms with Gasteiger partial charge in [0.1, 0.15) is 0 Å². The number of carbonyl (C=O) groups is 1. The van der Waals surface area contributed by atoms with E-state index in [1.54, 1.807) is 17.9 Å². The van der Waals surface area contributed by atoms with E-state index in [4.69, 9.17) is 5.73 Å². The highest BCUT2D eigenvalue weighted by atomic mass is 16.1. The number of carbonyl (C=O) groups excluding carboxylic acids is 1. The maximum Gasteiger partial charge on any atom is 0.258 e. The van der Waals surface area contributed by atoms with Crippen molar-refractivity contribution < 1.29 is 4.79 Å². The molecule has 94 valence electrons. The molecule has 1 aromatic heterocycles. The zero-order valence-corrected chi connectivity index (χ0v) is 10.4. The maximum absolute atomic E-state index is 11.9. The fraction of sp³-hybridized carbons (Fsp3) is 0.231. The van der Waals surface area contributed by atoms with Gasteiger partial charge in [0.25, 0.3) is 5.91 Å². The van der Waals surface area contributed by atoms with Crippen molar-refractivity contribution >= 4 is 11.6 Å². The molecule has 18 heavy (non-hydrogen) atoms. The lowest BCUT2D eigenvalue weighted by Crippen LogP contribution is -2.11. The first kappa shape index (κ1) is 12.3. The van der Waals surface area contributed by atoms with Gasteiger partial charge in [-0.3, -0.25) is 9.48 Å². The third kappa shape index (κ3) is 2.75. The number of hydrogen-bond acceptors (Lipinski definition) is 3. The molecule has 0 aliphatic rings. The number of aromatic nitrogens is 2. The first-order valence-corrected chi connectivity index (χ1v) is 5.72. The van der Waals surface area contributed by atoms with Crippen LogP contribution in [0.15, 0.2) is 36.7 Å². The second kappa shape index (κ2) is 5.01. The molecule has 5 heteroatoms. The molecule has 0 bridgehead atoms. The van der Waals surface area contributed by atoms with E-state index in [2.05, 4.69) is 10.4 Å². The molecule has 1 atom stereocenters. The number of nitrogens with one attached hydrogen (secondary N) is 1. The Labute approximate surface area is 106 Å². The number of amides is 1. The van der Waals surface area contributed by atoms with Gasteiger partial charge in [-0.05, 0) is 24.6 Å². The van der Waals surface area contributed by atoms with E-state index in [-0.39, 0.29) is 11.9 Å². The Hall–Kier alpha value is -2.14. The van der Waals surface area contributed by atoms with Crippen LogP contribution in [0.1, 0.15) is 28.9 Å². The minimum Gasteiger partial charge on any atom is -0.324 e. The van der Waals surface area contributed by atoms with Gasteiger partial charge in [-0.15, -0.1) is 0 Å². The smallest absolute Gasteiger partial charge is 0.258 e. The topological polar surface area (TPSA) is 72.9 Å². The van der Waals surface area contributed by atoms with Gasteiger partial charge in [0.05, 0.1) is 11.8 Å². The van der Waals surface area contributed by atoms with E-state index in [9.17, 15) is 4.79 Å². The van der Waals surface area contributed by atoms with E-state index in [0.29, 0.717) is 5.56 Å². The van der Waals surface area contributed by atoms with Gasteiger partial charge >= 0.3 is 0 Å². The Morgan fingerprint density at radius 2 is 2.06 bits per heavy atom. The zero-order chi connectivity index (χ0) is 13.1. The summed E-state index contributed by atoms with van der Waals surface area (Å²) in [6.45, 7) is 1.92. The average molecular weight is 244 g/mol. The molecule has 1 aromatic carbocycles. The molecule has 1 unspecified atom stereocenters. The second-order valence-electron chi connectivity index (χ2n) is 4.27. The standard InChI is InChI=1S/C13H16N4O/c1-9(14)10-3-5-12(6-4-10)16-13(18)11-7-15-17(2)8-11/h3-9H,14H2,1-2H3,(H,16,18). The van der Waals surface area contributed by atoms with Gasteiger partial charge in [0, 0.05) is 25.0 Å². The van der Waals surface area contributed by atoms with Crippen LogP contribution < -0.4 is 11.1 Å². The summed E-state index contributed by atoms with van der Waals surface area (Å²) >= 11 is 0. The highest BCUT2D eigenvalue weighted by Gasteiger charge is 2.08. The van der Waals surface area contributed by atoms with E-state index in [0.717, 1.165) is 11.3 Å². The van der Waals surface area contributed by atoms with Crippen molar-refractivity contribution in [2.45, 2.75) is 13.0 Å². The largest absolute Gasteiger partial charge is 0.324 e. The summed E-state index contributed by atoms with van der Waals surface area (Å²) in [4.78, 5) is 11.9. The SMILES string of the molecule is CC(N)c1ccc(NC(=O)c2cnn(C)c2)cc1. The summed E-state index contributed by atoms with van der Waals surface area (Å²) in [7, 11) is 1.77. The van der Waals surface area contributed by atoms with Crippen LogP contribution in [0, 0.1) is 0 Å². The minimum absolute atomic E-state index is 0.00641. The Balaban J connectivity index is 2.07. The van der Waals surface area contributed by atoms with Crippen LogP contribution in [0.2, 0.25) is 0 Å². The lowest BCUT2D eigenvalue weighted by molar-refractivity contribution is 0.102. The number of nitrogens with zero attached hydrogens (tertiary/aromatic N) is 2. The molecule has 0 saturated carbocycles. The predicted octanol–water partition coefficient (Wildman–Crippen LogP) is 1.69. The van der Waals surface area contributed by atoms with Crippen LogP contribution in [-0.2, 0) is 7.05 Å². The minimum atomic E-state index is -0.170.